The van der Waals surface area contributed by atoms with Gasteiger partial charge in [-0.1, -0.05) is 28.1 Å². The van der Waals surface area contributed by atoms with E-state index in [0.717, 1.165) is 4.48 Å². The highest BCUT2D eigenvalue weighted by Crippen LogP contribution is 2.11. The first-order valence-corrected chi connectivity index (χ1v) is 4.54. The lowest BCUT2D eigenvalue weighted by atomic mass is 10.2. The van der Waals surface area contributed by atoms with Crippen molar-refractivity contribution >= 4 is 21.9 Å². The van der Waals surface area contributed by atoms with E-state index in [4.69, 9.17) is 0 Å². The molecule has 1 rings (SSSR count). The topological polar surface area (TPSA) is 26.3 Å². The molecular weight excluding hydrogens is 232 g/mol. The summed E-state index contributed by atoms with van der Waals surface area (Å²) in [5.41, 5.74) is 0.537. The molecule has 1 aliphatic rings. The standard InChI is InChI=1S/C10H9BrO2/c1-13-10(12)8-4-2-6-9(11)7-3-5-8/h2-7H,1H3/b4-2?,5-3?,6-2-,7-3?,8-4?,8-5?,9-6?,9-7+. The summed E-state index contributed by atoms with van der Waals surface area (Å²) < 4.78 is 5.55. The van der Waals surface area contributed by atoms with Crippen LogP contribution in [0.3, 0.4) is 0 Å². The maximum atomic E-state index is 11.1. The molecule has 0 amide bonds. The Morgan fingerprint density at radius 1 is 1.31 bits per heavy atom. The van der Waals surface area contributed by atoms with Gasteiger partial charge >= 0.3 is 5.97 Å². The highest BCUT2D eigenvalue weighted by atomic mass is 79.9. The van der Waals surface area contributed by atoms with Gasteiger partial charge in [0.05, 0.1) is 12.7 Å². The fraction of sp³-hybridized carbons (Fsp3) is 0.100. The minimum Gasteiger partial charge on any atom is -0.465 e. The first-order valence-electron chi connectivity index (χ1n) is 3.74. The SMILES string of the molecule is COC(=O)C1=C/C=C\C(Br)=C/C=C1. The monoisotopic (exact) mass is 240 g/mol. The van der Waals surface area contributed by atoms with Gasteiger partial charge in [-0.3, -0.25) is 0 Å². The maximum Gasteiger partial charge on any atom is 0.337 e. The number of halogens is 1. The van der Waals surface area contributed by atoms with E-state index in [2.05, 4.69) is 20.7 Å². The molecular formula is C10H9BrO2. The Morgan fingerprint density at radius 3 is 2.69 bits per heavy atom. The fourth-order valence-corrected chi connectivity index (χ4v) is 1.16. The summed E-state index contributed by atoms with van der Waals surface area (Å²) in [4.78, 5) is 11.1. The zero-order chi connectivity index (χ0) is 9.68. The lowest BCUT2D eigenvalue weighted by Crippen LogP contribution is -2.02. The molecule has 0 radical (unpaired) electrons. The van der Waals surface area contributed by atoms with Gasteiger partial charge in [0.15, 0.2) is 0 Å². The summed E-state index contributed by atoms with van der Waals surface area (Å²) in [5, 5.41) is 0. The van der Waals surface area contributed by atoms with Gasteiger partial charge in [0.25, 0.3) is 0 Å². The van der Waals surface area contributed by atoms with E-state index in [1.165, 1.54) is 7.11 Å². The number of hydrogen-bond donors (Lipinski definition) is 0. The summed E-state index contributed by atoms with van der Waals surface area (Å²) in [5.74, 6) is -0.327. The molecule has 0 bridgehead atoms. The molecule has 0 saturated carbocycles. The number of hydrogen-bond acceptors (Lipinski definition) is 2. The van der Waals surface area contributed by atoms with Crippen LogP contribution in [0.15, 0.2) is 46.5 Å². The predicted octanol–water partition coefficient (Wildman–Crippen LogP) is 2.49. The Balaban J connectivity index is 2.86. The van der Waals surface area contributed by atoms with Crippen LogP contribution in [-0.2, 0) is 9.53 Å². The molecule has 0 N–H and O–H groups in total. The Kier molecular flexibility index (Phi) is 3.71. The largest absolute Gasteiger partial charge is 0.465 e. The van der Waals surface area contributed by atoms with Crippen molar-refractivity contribution in [1.82, 2.24) is 0 Å². The second-order valence-electron chi connectivity index (χ2n) is 2.38. The van der Waals surface area contributed by atoms with Crippen LogP contribution < -0.4 is 0 Å². The van der Waals surface area contributed by atoms with Gasteiger partial charge in [-0.25, -0.2) is 4.79 Å². The first kappa shape index (κ1) is 9.99. The summed E-state index contributed by atoms with van der Waals surface area (Å²) in [7, 11) is 1.37. The average molecular weight is 241 g/mol. The van der Waals surface area contributed by atoms with Crippen molar-refractivity contribution < 1.29 is 9.53 Å². The molecule has 0 aromatic rings. The smallest absolute Gasteiger partial charge is 0.337 e. The molecule has 68 valence electrons. The van der Waals surface area contributed by atoms with E-state index in [9.17, 15) is 4.79 Å². The van der Waals surface area contributed by atoms with Crippen LogP contribution in [0.25, 0.3) is 0 Å². The number of rotatable bonds is 1. The van der Waals surface area contributed by atoms with Gasteiger partial charge in [-0.05, 0) is 24.3 Å². The first-order chi connectivity index (χ1) is 6.24. The Labute approximate surface area is 85.4 Å². The van der Waals surface area contributed by atoms with Crippen molar-refractivity contribution in [3.05, 3.63) is 46.5 Å². The van der Waals surface area contributed by atoms with Crippen molar-refractivity contribution in [2.24, 2.45) is 0 Å². The van der Waals surface area contributed by atoms with Gasteiger partial charge in [0.1, 0.15) is 0 Å². The van der Waals surface area contributed by atoms with E-state index in [0.29, 0.717) is 5.57 Å². The van der Waals surface area contributed by atoms with Crippen LogP contribution in [0, 0.1) is 0 Å². The molecule has 0 unspecified atom stereocenters. The van der Waals surface area contributed by atoms with Crippen molar-refractivity contribution in [2.45, 2.75) is 0 Å². The second-order valence-corrected chi connectivity index (χ2v) is 3.30. The second kappa shape index (κ2) is 4.82. The van der Waals surface area contributed by atoms with Crippen LogP contribution in [0.1, 0.15) is 0 Å². The van der Waals surface area contributed by atoms with Gasteiger partial charge < -0.3 is 4.74 Å². The van der Waals surface area contributed by atoms with Crippen molar-refractivity contribution in [2.75, 3.05) is 7.11 Å². The molecule has 0 aliphatic heterocycles. The number of carbonyl (C=O) groups is 1. The maximum absolute atomic E-state index is 11.1. The zero-order valence-electron chi connectivity index (χ0n) is 7.16. The molecule has 0 spiro atoms. The summed E-state index contributed by atoms with van der Waals surface area (Å²) >= 11 is 3.32. The quantitative estimate of drug-likeness (QED) is 0.659. The predicted molar refractivity (Wildman–Crippen MR) is 55.4 cm³/mol. The molecule has 1 aliphatic carbocycles. The third-order valence-corrected chi connectivity index (χ3v) is 2.01. The van der Waals surface area contributed by atoms with E-state index >= 15 is 0 Å². The number of allylic oxidation sites excluding steroid dienone is 6. The van der Waals surface area contributed by atoms with Crippen LogP contribution in [0.2, 0.25) is 0 Å². The van der Waals surface area contributed by atoms with Gasteiger partial charge in [-0.15, -0.1) is 0 Å². The number of carbonyl (C=O) groups excluding carboxylic acids is 1. The molecule has 0 saturated heterocycles. The van der Waals surface area contributed by atoms with E-state index < -0.39 is 0 Å². The summed E-state index contributed by atoms with van der Waals surface area (Å²) in [6.45, 7) is 0. The van der Waals surface area contributed by atoms with Crippen molar-refractivity contribution in [3.63, 3.8) is 0 Å². The third-order valence-electron chi connectivity index (χ3n) is 1.48. The highest BCUT2D eigenvalue weighted by molar-refractivity contribution is 9.11. The minimum absolute atomic E-state index is 0.327. The minimum atomic E-state index is -0.327. The molecule has 0 fully saturated rings. The molecule has 13 heavy (non-hydrogen) atoms. The molecule has 0 heterocycles. The van der Waals surface area contributed by atoms with Gasteiger partial charge in [0.2, 0.25) is 0 Å². The van der Waals surface area contributed by atoms with E-state index in [1.54, 1.807) is 24.3 Å². The van der Waals surface area contributed by atoms with Crippen LogP contribution in [-0.4, -0.2) is 13.1 Å². The Bertz CT molecular complexity index is 322. The Morgan fingerprint density at radius 2 is 2.00 bits per heavy atom. The summed E-state index contributed by atoms with van der Waals surface area (Å²) in [6, 6.07) is 0. The van der Waals surface area contributed by atoms with Crippen molar-refractivity contribution in [3.8, 4) is 0 Å². The number of esters is 1. The van der Waals surface area contributed by atoms with Gasteiger partial charge in [-0.2, -0.15) is 0 Å². The zero-order valence-corrected chi connectivity index (χ0v) is 8.74. The van der Waals surface area contributed by atoms with E-state index in [1.807, 2.05) is 12.2 Å². The molecule has 0 aromatic heterocycles. The number of methoxy groups -OCH3 is 1. The van der Waals surface area contributed by atoms with Crippen molar-refractivity contribution in [1.29, 1.82) is 0 Å². The average Bonchev–Trinajstić information content (AvgIpc) is 2.10. The highest BCUT2D eigenvalue weighted by Gasteiger charge is 2.04. The Hall–Kier alpha value is -1.09. The normalized spacial score (nSPS) is 22.0. The molecule has 0 aromatic carbocycles. The van der Waals surface area contributed by atoms with Crippen LogP contribution in [0.5, 0.6) is 0 Å². The van der Waals surface area contributed by atoms with E-state index in [-0.39, 0.29) is 5.97 Å². The third kappa shape index (κ3) is 3.03. The molecule has 0 atom stereocenters. The molecule has 2 nitrogen and oxygen atoms in total. The lowest BCUT2D eigenvalue weighted by Gasteiger charge is -1.99. The number of ether oxygens (including phenoxy) is 1. The lowest BCUT2D eigenvalue weighted by molar-refractivity contribution is -0.135. The van der Waals surface area contributed by atoms with Crippen LogP contribution >= 0.6 is 15.9 Å². The summed E-state index contributed by atoms with van der Waals surface area (Å²) in [6.07, 6.45) is 10.7. The van der Waals surface area contributed by atoms with Crippen LogP contribution in [0.4, 0.5) is 0 Å². The van der Waals surface area contributed by atoms with Gasteiger partial charge in [0, 0.05) is 4.48 Å². The fourth-order valence-electron chi connectivity index (χ4n) is 0.852. The molecule has 3 heteroatoms.